The lowest BCUT2D eigenvalue weighted by Gasteiger charge is -2.17. The van der Waals surface area contributed by atoms with E-state index in [2.05, 4.69) is 6.92 Å². The molecule has 1 heterocycles. The van der Waals surface area contributed by atoms with E-state index in [0.29, 0.717) is 19.4 Å². The standard InChI is InChI=1S/C10H20O3/c1-3-4-9(12)6-10(7-13-10)5-8(2)11/h8-9,11-12H,3-7H2,1-2H3. The van der Waals surface area contributed by atoms with Gasteiger partial charge in [-0.15, -0.1) is 0 Å². The summed E-state index contributed by atoms with van der Waals surface area (Å²) in [7, 11) is 0. The van der Waals surface area contributed by atoms with E-state index in [-0.39, 0.29) is 17.8 Å². The van der Waals surface area contributed by atoms with Crippen LogP contribution in [0.2, 0.25) is 0 Å². The van der Waals surface area contributed by atoms with Crippen LogP contribution >= 0.6 is 0 Å². The molecular formula is C10H20O3. The predicted octanol–water partition coefficient (Wildman–Crippen LogP) is 1.08. The third kappa shape index (κ3) is 3.63. The van der Waals surface area contributed by atoms with Crippen LogP contribution in [0.15, 0.2) is 0 Å². The first kappa shape index (κ1) is 11.0. The van der Waals surface area contributed by atoms with E-state index in [1.165, 1.54) is 0 Å². The van der Waals surface area contributed by atoms with E-state index < -0.39 is 0 Å². The lowest BCUT2D eigenvalue weighted by atomic mass is 9.94. The van der Waals surface area contributed by atoms with E-state index in [0.717, 1.165) is 12.8 Å². The largest absolute Gasteiger partial charge is 0.393 e. The zero-order valence-electron chi connectivity index (χ0n) is 8.49. The minimum Gasteiger partial charge on any atom is -0.393 e. The van der Waals surface area contributed by atoms with Crippen molar-refractivity contribution < 1.29 is 14.9 Å². The van der Waals surface area contributed by atoms with Crippen LogP contribution in [0.3, 0.4) is 0 Å². The maximum absolute atomic E-state index is 9.58. The molecule has 0 radical (unpaired) electrons. The summed E-state index contributed by atoms with van der Waals surface area (Å²) in [6, 6.07) is 0. The summed E-state index contributed by atoms with van der Waals surface area (Å²) in [5, 5.41) is 18.8. The maximum Gasteiger partial charge on any atom is 0.0965 e. The van der Waals surface area contributed by atoms with Crippen molar-refractivity contribution in [3.8, 4) is 0 Å². The highest BCUT2D eigenvalue weighted by Crippen LogP contribution is 2.37. The number of aliphatic hydroxyl groups is 2. The van der Waals surface area contributed by atoms with Gasteiger partial charge in [0.25, 0.3) is 0 Å². The summed E-state index contributed by atoms with van der Waals surface area (Å²) in [5.74, 6) is 0. The van der Waals surface area contributed by atoms with Crippen LogP contribution in [0, 0.1) is 0 Å². The molecule has 0 aromatic heterocycles. The topological polar surface area (TPSA) is 53.0 Å². The van der Waals surface area contributed by atoms with Crippen LogP contribution in [0.4, 0.5) is 0 Å². The molecule has 0 aromatic carbocycles. The molecule has 0 spiro atoms. The average Bonchev–Trinajstić information content (AvgIpc) is 2.67. The van der Waals surface area contributed by atoms with Gasteiger partial charge in [-0.3, -0.25) is 0 Å². The molecule has 13 heavy (non-hydrogen) atoms. The molecule has 0 saturated carbocycles. The Balaban J connectivity index is 2.26. The first-order chi connectivity index (χ1) is 6.08. The van der Waals surface area contributed by atoms with Crippen molar-refractivity contribution in [3.05, 3.63) is 0 Å². The van der Waals surface area contributed by atoms with Crippen LogP contribution in [0.5, 0.6) is 0 Å². The van der Waals surface area contributed by atoms with Gasteiger partial charge in [0.05, 0.1) is 24.4 Å². The molecule has 1 aliphatic heterocycles. The Morgan fingerprint density at radius 3 is 2.38 bits per heavy atom. The number of hydrogen-bond donors (Lipinski definition) is 2. The van der Waals surface area contributed by atoms with Gasteiger partial charge < -0.3 is 14.9 Å². The van der Waals surface area contributed by atoms with Gasteiger partial charge in [-0.05, 0) is 13.3 Å². The van der Waals surface area contributed by atoms with Crippen molar-refractivity contribution in [2.45, 2.75) is 57.3 Å². The molecule has 0 amide bonds. The Bertz CT molecular complexity index is 152. The Labute approximate surface area is 79.7 Å². The third-order valence-corrected chi connectivity index (χ3v) is 2.45. The third-order valence-electron chi connectivity index (χ3n) is 2.45. The number of hydrogen-bond acceptors (Lipinski definition) is 3. The quantitative estimate of drug-likeness (QED) is 0.613. The van der Waals surface area contributed by atoms with Crippen molar-refractivity contribution in [1.82, 2.24) is 0 Å². The van der Waals surface area contributed by atoms with E-state index in [9.17, 15) is 10.2 Å². The summed E-state index contributed by atoms with van der Waals surface area (Å²) >= 11 is 0. The number of rotatable bonds is 6. The zero-order chi connectivity index (χ0) is 9.90. The second-order valence-corrected chi connectivity index (χ2v) is 4.17. The van der Waals surface area contributed by atoms with E-state index in [1.54, 1.807) is 6.92 Å². The van der Waals surface area contributed by atoms with Crippen LogP contribution < -0.4 is 0 Å². The second-order valence-electron chi connectivity index (χ2n) is 4.17. The van der Waals surface area contributed by atoms with Gasteiger partial charge in [0, 0.05) is 12.8 Å². The first-order valence-corrected chi connectivity index (χ1v) is 5.08. The lowest BCUT2D eigenvalue weighted by molar-refractivity contribution is 0.0840. The summed E-state index contributed by atoms with van der Waals surface area (Å²) in [4.78, 5) is 0. The SMILES string of the molecule is CCCC(O)CC1(CC(C)O)CO1. The Hall–Kier alpha value is -0.120. The smallest absolute Gasteiger partial charge is 0.0965 e. The summed E-state index contributed by atoms with van der Waals surface area (Å²) in [6.45, 7) is 4.51. The molecule has 0 aromatic rings. The molecule has 1 rings (SSSR count). The summed E-state index contributed by atoms with van der Waals surface area (Å²) in [6.07, 6.45) is 2.53. The minimum absolute atomic E-state index is 0.206. The fourth-order valence-corrected chi connectivity index (χ4v) is 1.82. The number of epoxide rings is 1. The highest BCUT2D eigenvalue weighted by Gasteiger charge is 2.46. The molecule has 0 aliphatic carbocycles. The summed E-state index contributed by atoms with van der Waals surface area (Å²) < 4.78 is 5.30. The van der Waals surface area contributed by atoms with Crippen molar-refractivity contribution in [2.75, 3.05) is 6.61 Å². The van der Waals surface area contributed by atoms with E-state index in [1.807, 2.05) is 0 Å². The molecule has 3 atom stereocenters. The minimum atomic E-state index is -0.337. The van der Waals surface area contributed by atoms with Gasteiger partial charge in [-0.1, -0.05) is 13.3 Å². The number of aliphatic hydroxyl groups excluding tert-OH is 2. The first-order valence-electron chi connectivity index (χ1n) is 5.08. The molecule has 3 nitrogen and oxygen atoms in total. The number of ether oxygens (including phenoxy) is 1. The van der Waals surface area contributed by atoms with Gasteiger partial charge in [-0.25, -0.2) is 0 Å². The molecule has 3 unspecified atom stereocenters. The van der Waals surface area contributed by atoms with Crippen LogP contribution in [-0.2, 0) is 4.74 Å². The Kier molecular flexibility index (Phi) is 3.71. The van der Waals surface area contributed by atoms with Crippen LogP contribution in [-0.4, -0.2) is 34.6 Å². The van der Waals surface area contributed by atoms with Crippen molar-refractivity contribution in [3.63, 3.8) is 0 Å². The van der Waals surface area contributed by atoms with Crippen LogP contribution in [0.25, 0.3) is 0 Å². The van der Waals surface area contributed by atoms with Crippen molar-refractivity contribution in [2.24, 2.45) is 0 Å². The Morgan fingerprint density at radius 1 is 1.38 bits per heavy atom. The molecule has 1 fully saturated rings. The Morgan fingerprint density at radius 2 is 2.00 bits per heavy atom. The summed E-state index contributed by atoms with van der Waals surface area (Å²) in [5.41, 5.74) is -0.206. The monoisotopic (exact) mass is 188 g/mol. The maximum atomic E-state index is 9.58. The molecular weight excluding hydrogens is 168 g/mol. The second kappa shape index (κ2) is 4.40. The average molecular weight is 188 g/mol. The molecule has 2 N–H and O–H groups in total. The molecule has 0 bridgehead atoms. The highest BCUT2D eigenvalue weighted by atomic mass is 16.6. The normalized spacial score (nSPS) is 31.4. The zero-order valence-corrected chi connectivity index (χ0v) is 8.49. The van der Waals surface area contributed by atoms with E-state index >= 15 is 0 Å². The highest BCUT2D eigenvalue weighted by molar-refractivity contribution is 4.95. The molecule has 1 aliphatic rings. The lowest BCUT2D eigenvalue weighted by Crippen LogP contribution is -2.24. The molecule has 78 valence electrons. The van der Waals surface area contributed by atoms with Gasteiger partial charge in [0.2, 0.25) is 0 Å². The fraction of sp³-hybridized carbons (Fsp3) is 1.00. The van der Waals surface area contributed by atoms with Gasteiger partial charge in [-0.2, -0.15) is 0 Å². The van der Waals surface area contributed by atoms with Gasteiger partial charge >= 0.3 is 0 Å². The molecule has 1 saturated heterocycles. The van der Waals surface area contributed by atoms with Gasteiger partial charge in [0.1, 0.15) is 0 Å². The van der Waals surface area contributed by atoms with E-state index in [4.69, 9.17) is 4.74 Å². The predicted molar refractivity (Wildman–Crippen MR) is 50.5 cm³/mol. The fourth-order valence-electron chi connectivity index (χ4n) is 1.82. The molecule has 3 heteroatoms. The van der Waals surface area contributed by atoms with Crippen LogP contribution in [0.1, 0.15) is 39.5 Å². The van der Waals surface area contributed by atoms with Gasteiger partial charge in [0.15, 0.2) is 0 Å². The van der Waals surface area contributed by atoms with Crippen molar-refractivity contribution >= 4 is 0 Å². The van der Waals surface area contributed by atoms with Crippen molar-refractivity contribution in [1.29, 1.82) is 0 Å².